The van der Waals surface area contributed by atoms with Crippen molar-refractivity contribution in [3.8, 4) is 0 Å². The van der Waals surface area contributed by atoms with E-state index in [1.165, 1.54) is 6.92 Å². The van der Waals surface area contributed by atoms with Gasteiger partial charge in [-0.05, 0) is 31.0 Å². The van der Waals surface area contributed by atoms with E-state index < -0.39 is 20.8 Å². The number of hydrogen-bond donors (Lipinski definition) is 1. The molecule has 0 unspecified atom stereocenters. The Morgan fingerprint density at radius 1 is 1.35 bits per heavy atom. The number of benzene rings is 1. The predicted molar refractivity (Wildman–Crippen MR) is 76.0 cm³/mol. The summed E-state index contributed by atoms with van der Waals surface area (Å²) in [7, 11) is 1.25. The van der Waals surface area contributed by atoms with Crippen LogP contribution >= 0.6 is 10.7 Å². The molecule has 1 aromatic rings. The summed E-state index contributed by atoms with van der Waals surface area (Å²) in [6.07, 6.45) is 2.75. The molecule has 0 aliphatic heterocycles. The zero-order chi connectivity index (χ0) is 15.3. The second kappa shape index (κ2) is 7.04. The third kappa shape index (κ3) is 4.45. The number of halogens is 2. The first-order valence-electron chi connectivity index (χ1n) is 6.30. The van der Waals surface area contributed by atoms with Crippen molar-refractivity contribution >= 4 is 25.6 Å². The molecule has 0 radical (unpaired) electrons. The first-order chi connectivity index (χ1) is 9.27. The van der Waals surface area contributed by atoms with Gasteiger partial charge in [-0.15, -0.1) is 0 Å². The van der Waals surface area contributed by atoms with Crippen molar-refractivity contribution in [2.45, 2.75) is 38.0 Å². The molecular weight excluding hydrogens is 305 g/mol. The molecule has 0 aliphatic carbocycles. The Hall–Kier alpha value is -1.14. The Labute approximate surface area is 122 Å². The van der Waals surface area contributed by atoms with Crippen molar-refractivity contribution in [2.75, 3.05) is 6.54 Å². The number of nitrogens with one attached hydrogen (secondary N) is 1. The van der Waals surface area contributed by atoms with Crippen molar-refractivity contribution in [3.63, 3.8) is 0 Å². The number of carbonyl (C=O) groups excluding carboxylic acids is 1. The second-order valence-corrected chi connectivity index (χ2v) is 7.03. The van der Waals surface area contributed by atoms with Crippen LogP contribution in [0, 0.1) is 12.7 Å². The van der Waals surface area contributed by atoms with E-state index in [1.807, 2.05) is 6.92 Å². The van der Waals surface area contributed by atoms with E-state index in [0.717, 1.165) is 31.4 Å². The van der Waals surface area contributed by atoms with Crippen LogP contribution in [0.3, 0.4) is 0 Å². The maximum Gasteiger partial charge on any atom is 0.261 e. The van der Waals surface area contributed by atoms with E-state index in [1.54, 1.807) is 0 Å². The quantitative estimate of drug-likeness (QED) is 0.647. The normalized spacial score (nSPS) is 11.4. The predicted octanol–water partition coefficient (Wildman–Crippen LogP) is 2.98. The average Bonchev–Trinajstić information content (AvgIpc) is 2.32. The highest BCUT2D eigenvalue weighted by atomic mass is 35.7. The van der Waals surface area contributed by atoms with Crippen molar-refractivity contribution in [3.05, 3.63) is 29.1 Å². The summed E-state index contributed by atoms with van der Waals surface area (Å²) in [5.74, 6) is -1.40. The van der Waals surface area contributed by atoms with Gasteiger partial charge in [0.05, 0.1) is 10.5 Å². The molecule has 0 aliphatic rings. The molecule has 0 fully saturated rings. The minimum absolute atomic E-state index is 0.167. The lowest BCUT2D eigenvalue weighted by molar-refractivity contribution is 0.0948. The van der Waals surface area contributed by atoms with Crippen LogP contribution in [0.1, 0.15) is 42.1 Å². The van der Waals surface area contributed by atoms with Gasteiger partial charge in [0.15, 0.2) is 0 Å². The molecule has 1 N–H and O–H groups in total. The molecule has 112 valence electrons. The zero-order valence-corrected chi connectivity index (χ0v) is 12.9. The van der Waals surface area contributed by atoms with Gasteiger partial charge < -0.3 is 5.32 Å². The highest BCUT2D eigenvalue weighted by Gasteiger charge is 2.20. The van der Waals surface area contributed by atoms with Crippen molar-refractivity contribution < 1.29 is 17.6 Å². The summed E-state index contributed by atoms with van der Waals surface area (Å²) in [4.78, 5) is 11.6. The fraction of sp³-hybridized carbons (Fsp3) is 0.462. The summed E-state index contributed by atoms with van der Waals surface area (Å²) in [6.45, 7) is 3.86. The monoisotopic (exact) mass is 321 g/mol. The molecule has 20 heavy (non-hydrogen) atoms. The highest BCUT2D eigenvalue weighted by molar-refractivity contribution is 8.13. The molecule has 1 aromatic carbocycles. The highest BCUT2D eigenvalue weighted by Crippen LogP contribution is 2.23. The van der Waals surface area contributed by atoms with Crippen LogP contribution in [0.2, 0.25) is 0 Å². The fourth-order valence-electron chi connectivity index (χ4n) is 1.76. The lowest BCUT2D eigenvalue weighted by Crippen LogP contribution is -2.25. The van der Waals surface area contributed by atoms with E-state index in [2.05, 4.69) is 5.32 Å². The molecule has 0 heterocycles. The van der Waals surface area contributed by atoms with Crippen LogP contribution in [0.4, 0.5) is 4.39 Å². The third-order valence-corrected chi connectivity index (χ3v) is 4.30. The Morgan fingerprint density at radius 2 is 2.00 bits per heavy atom. The van der Waals surface area contributed by atoms with Gasteiger partial charge in [0.2, 0.25) is 0 Å². The van der Waals surface area contributed by atoms with Crippen LogP contribution < -0.4 is 5.32 Å². The molecule has 7 heteroatoms. The maximum absolute atomic E-state index is 13.7. The first-order valence-corrected chi connectivity index (χ1v) is 8.61. The average molecular weight is 322 g/mol. The molecule has 0 spiro atoms. The topological polar surface area (TPSA) is 63.2 Å². The number of hydrogen-bond acceptors (Lipinski definition) is 3. The van der Waals surface area contributed by atoms with Crippen LogP contribution in [-0.4, -0.2) is 20.9 Å². The summed E-state index contributed by atoms with van der Waals surface area (Å²) in [5, 5.41) is 2.56. The van der Waals surface area contributed by atoms with Gasteiger partial charge in [-0.1, -0.05) is 19.8 Å². The van der Waals surface area contributed by atoms with Gasteiger partial charge in [-0.2, -0.15) is 0 Å². The van der Waals surface area contributed by atoms with Crippen molar-refractivity contribution in [1.29, 1.82) is 0 Å². The molecule has 0 aromatic heterocycles. The third-order valence-electron chi connectivity index (χ3n) is 2.84. The second-order valence-electron chi connectivity index (χ2n) is 4.50. The van der Waals surface area contributed by atoms with Crippen LogP contribution in [-0.2, 0) is 9.05 Å². The SMILES string of the molecule is CCCCCNC(=O)c1cc(S(=O)(=O)Cl)c(C)cc1F. The van der Waals surface area contributed by atoms with Gasteiger partial charge >= 0.3 is 0 Å². The summed E-state index contributed by atoms with van der Waals surface area (Å²) < 4.78 is 36.4. The van der Waals surface area contributed by atoms with Gasteiger partial charge in [0, 0.05) is 17.2 Å². The minimum Gasteiger partial charge on any atom is -0.352 e. The Bertz CT molecular complexity index is 602. The maximum atomic E-state index is 13.7. The zero-order valence-electron chi connectivity index (χ0n) is 11.4. The van der Waals surface area contributed by atoms with E-state index in [4.69, 9.17) is 10.7 Å². The largest absolute Gasteiger partial charge is 0.352 e. The molecule has 1 amide bonds. The summed E-state index contributed by atoms with van der Waals surface area (Å²) in [6, 6.07) is 1.97. The number of amides is 1. The van der Waals surface area contributed by atoms with Gasteiger partial charge in [0.25, 0.3) is 15.0 Å². The van der Waals surface area contributed by atoms with Crippen molar-refractivity contribution in [1.82, 2.24) is 5.32 Å². The van der Waals surface area contributed by atoms with E-state index in [9.17, 15) is 17.6 Å². The van der Waals surface area contributed by atoms with Gasteiger partial charge in [-0.25, -0.2) is 12.8 Å². The van der Waals surface area contributed by atoms with Crippen LogP contribution in [0.5, 0.6) is 0 Å². The molecule has 0 saturated heterocycles. The van der Waals surface area contributed by atoms with Gasteiger partial charge in [0.1, 0.15) is 5.82 Å². The summed E-state index contributed by atoms with van der Waals surface area (Å²) >= 11 is 0. The fourth-order valence-corrected chi connectivity index (χ4v) is 2.96. The van der Waals surface area contributed by atoms with Gasteiger partial charge in [-0.3, -0.25) is 4.79 Å². The number of unbranched alkanes of at least 4 members (excludes halogenated alkanes) is 2. The smallest absolute Gasteiger partial charge is 0.261 e. The molecule has 1 rings (SSSR count). The standard InChI is InChI=1S/C13H17ClFNO3S/c1-3-4-5-6-16-13(17)10-8-12(20(14,18)19)9(2)7-11(10)15/h7-8H,3-6H2,1-2H3,(H,16,17). The number of rotatable bonds is 6. The lowest BCUT2D eigenvalue weighted by atomic mass is 10.1. The van der Waals surface area contributed by atoms with Crippen LogP contribution in [0.25, 0.3) is 0 Å². The minimum atomic E-state index is -4.01. The van der Waals surface area contributed by atoms with E-state index in [0.29, 0.717) is 6.54 Å². The van der Waals surface area contributed by atoms with E-state index >= 15 is 0 Å². The molecule has 0 saturated carbocycles. The summed E-state index contributed by atoms with van der Waals surface area (Å²) in [5.41, 5.74) is -0.147. The first kappa shape index (κ1) is 16.9. The van der Waals surface area contributed by atoms with E-state index in [-0.39, 0.29) is 16.0 Å². The number of aryl methyl sites for hydroxylation is 1. The Morgan fingerprint density at radius 3 is 2.55 bits per heavy atom. The Kier molecular flexibility index (Phi) is 5.95. The molecular formula is C13H17ClFNO3S. The van der Waals surface area contributed by atoms with Crippen molar-refractivity contribution in [2.24, 2.45) is 0 Å². The molecule has 0 bridgehead atoms. The lowest BCUT2D eigenvalue weighted by Gasteiger charge is -2.09. The molecule has 0 atom stereocenters. The number of carbonyl (C=O) groups is 1. The van der Waals surface area contributed by atoms with Crippen LogP contribution in [0.15, 0.2) is 17.0 Å². The Balaban J connectivity index is 2.98. The molecule has 4 nitrogen and oxygen atoms in total.